The number of carbonyl (C=O) groups is 1. The minimum absolute atomic E-state index is 0.497. The molecule has 1 fully saturated rings. The summed E-state index contributed by atoms with van der Waals surface area (Å²) in [5.74, 6) is 6.29. The molecule has 1 aromatic carbocycles. The minimum Gasteiger partial charge on any atom is -0.378 e. The van der Waals surface area contributed by atoms with E-state index in [-0.39, 0.29) is 0 Å². The molecule has 4 rings (SSSR count). The van der Waals surface area contributed by atoms with Crippen LogP contribution in [-0.4, -0.2) is 47.9 Å². The predicted molar refractivity (Wildman–Crippen MR) is 109 cm³/mol. The number of benzene rings is 1. The number of nitrogens with two attached hydrogens (primary N) is 1. The van der Waals surface area contributed by atoms with E-state index in [9.17, 15) is 10.1 Å². The van der Waals surface area contributed by atoms with Gasteiger partial charge in [-0.1, -0.05) is 12.1 Å². The Labute approximate surface area is 170 Å². The highest BCUT2D eigenvalue weighted by molar-refractivity contribution is 7.20. The Hall–Kier alpha value is -3.46. The number of carbonyl (C=O) groups excluding carboxylic acids is 1. The molecular formula is C18H18N8O2S. The summed E-state index contributed by atoms with van der Waals surface area (Å²) in [6.07, 6.45) is 2.01. The lowest BCUT2D eigenvalue weighted by Gasteiger charge is -2.27. The largest absolute Gasteiger partial charge is 0.378 e. The Bertz CT molecular complexity index is 1020. The molecule has 148 valence electrons. The number of aromatic nitrogens is 3. The molecule has 11 heteroatoms. The van der Waals surface area contributed by atoms with Crippen LogP contribution in [0.3, 0.4) is 0 Å². The zero-order valence-electron chi connectivity index (χ0n) is 15.3. The molecule has 1 aliphatic rings. The molecule has 4 N–H and O–H groups in total. The highest BCUT2D eigenvalue weighted by Crippen LogP contribution is 2.46. The highest BCUT2D eigenvalue weighted by Gasteiger charge is 2.26. The molecule has 0 atom stereocenters. The van der Waals surface area contributed by atoms with Gasteiger partial charge in [-0.05, 0) is 17.7 Å². The van der Waals surface area contributed by atoms with E-state index in [1.807, 2.05) is 12.1 Å². The van der Waals surface area contributed by atoms with E-state index >= 15 is 0 Å². The summed E-state index contributed by atoms with van der Waals surface area (Å²) in [5, 5.41) is 18.9. The first kappa shape index (κ1) is 18.9. The number of hydrogen-bond acceptors (Lipinski definition) is 9. The Morgan fingerprint density at radius 2 is 2.10 bits per heavy atom. The van der Waals surface area contributed by atoms with Crippen molar-refractivity contribution in [1.29, 1.82) is 5.26 Å². The Balaban J connectivity index is 1.82. The van der Waals surface area contributed by atoms with E-state index in [1.54, 1.807) is 12.1 Å². The standard InChI is InChI=1S/C18H18N8O2S/c19-9-14-15(12-1-3-13(4-2-12)26(20)23-11-27)16(17-21-10-22-24-17)29-18(14)25-5-7-28-8-6-25/h1-4,10-11H,5-8,20H2,(H,23,27)(H,21,22,24). The number of anilines is 2. The molecule has 0 radical (unpaired) electrons. The average Bonchev–Trinajstić information content (AvgIpc) is 3.42. The number of hydrogen-bond donors (Lipinski definition) is 3. The highest BCUT2D eigenvalue weighted by atomic mass is 32.1. The zero-order chi connectivity index (χ0) is 20.2. The molecule has 1 amide bonds. The van der Waals surface area contributed by atoms with Crippen molar-refractivity contribution in [2.45, 2.75) is 0 Å². The van der Waals surface area contributed by atoms with Crippen LogP contribution < -0.4 is 21.3 Å². The van der Waals surface area contributed by atoms with E-state index in [0.717, 1.165) is 39.2 Å². The number of rotatable bonds is 6. The number of thiophene rings is 1. The van der Waals surface area contributed by atoms with Gasteiger partial charge < -0.3 is 9.64 Å². The van der Waals surface area contributed by atoms with Gasteiger partial charge in [0.2, 0.25) is 6.41 Å². The third kappa shape index (κ3) is 3.64. The number of morpholine rings is 1. The fourth-order valence-corrected chi connectivity index (χ4v) is 4.45. The van der Waals surface area contributed by atoms with Crippen LogP contribution in [0.4, 0.5) is 10.7 Å². The van der Waals surface area contributed by atoms with Gasteiger partial charge in [-0.25, -0.2) is 15.9 Å². The third-order valence-electron chi connectivity index (χ3n) is 4.54. The normalized spacial score (nSPS) is 13.7. The summed E-state index contributed by atoms with van der Waals surface area (Å²) in [6.45, 7) is 2.69. The van der Waals surface area contributed by atoms with Gasteiger partial charge in [-0.15, -0.1) is 11.3 Å². The maximum absolute atomic E-state index is 10.6. The summed E-state index contributed by atoms with van der Waals surface area (Å²) in [6, 6.07) is 9.60. The van der Waals surface area contributed by atoms with Crippen molar-refractivity contribution in [3.63, 3.8) is 0 Å². The minimum atomic E-state index is 0.497. The second-order valence-electron chi connectivity index (χ2n) is 6.18. The number of aromatic amines is 1. The van der Waals surface area contributed by atoms with Crippen LogP contribution in [-0.2, 0) is 9.53 Å². The number of H-pyrrole nitrogens is 1. The van der Waals surface area contributed by atoms with E-state index in [2.05, 4.69) is 31.6 Å². The van der Waals surface area contributed by atoms with Crippen LogP contribution in [0, 0.1) is 11.3 Å². The number of ether oxygens (including phenoxy) is 1. The maximum Gasteiger partial charge on any atom is 0.226 e. The summed E-state index contributed by atoms with van der Waals surface area (Å²) >= 11 is 1.50. The fourth-order valence-electron chi connectivity index (χ4n) is 3.18. The number of nitriles is 1. The summed E-state index contributed by atoms with van der Waals surface area (Å²) in [7, 11) is 0. The smallest absolute Gasteiger partial charge is 0.226 e. The maximum atomic E-state index is 10.6. The van der Waals surface area contributed by atoms with Crippen LogP contribution in [0.2, 0.25) is 0 Å². The van der Waals surface area contributed by atoms with Crippen LogP contribution in [0.25, 0.3) is 21.8 Å². The van der Waals surface area contributed by atoms with Crippen molar-refractivity contribution in [1.82, 2.24) is 20.6 Å². The van der Waals surface area contributed by atoms with Crippen molar-refractivity contribution in [2.24, 2.45) is 5.84 Å². The predicted octanol–water partition coefficient (Wildman–Crippen LogP) is 1.25. The van der Waals surface area contributed by atoms with Gasteiger partial charge in [-0.2, -0.15) is 10.4 Å². The number of nitrogens with one attached hydrogen (secondary N) is 2. The quantitative estimate of drug-likeness (QED) is 0.314. The molecule has 10 nitrogen and oxygen atoms in total. The molecule has 3 heterocycles. The van der Waals surface area contributed by atoms with Crippen LogP contribution in [0.15, 0.2) is 30.6 Å². The van der Waals surface area contributed by atoms with E-state index in [1.165, 1.54) is 17.7 Å². The van der Waals surface area contributed by atoms with Gasteiger partial charge in [0, 0.05) is 18.7 Å². The monoisotopic (exact) mass is 410 g/mol. The lowest BCUT2D eigenvalue weighted by atomic mass is 10.0. The molecule has 0 unspecified atom stereocenters. The fraction of sp³-hybridized carbons (Fsp3) is 0.222. The van der Waals surface area contributed by atoms with E-state index in [0.29, 0.717) is 36.7 Å². The van der Waals surface area contributed by atoms with Crippen molar-refractivity contribution >= 4 is 28.4 Å². The van der Waals surface area contributed by atoms with Crippen molar-refractivity contribution < 1.29 is 9.53 Å². The topological polar surface area (TPSA) is 136 Å². The summed E-state index contributed by atoms with van der Waals surface area (Å²) in [4.78, 5) is 17.9. The molecule has 0 saturated carbocycles. The van der Waals surface area contributed by atoms with Gasteiger partial charge in [-0.3, -0.25) is 15.3 Å². The van der Waals surface area contributed by atoms with Crippen molar-refractivity contribution in [3.8, 4) is 27.9 Å². The Morgan fingerprint density at radius 3 is 2.72 bits per heavy atom. The molecule has 3 aromatic rings. The van der Waals surface area contributed by atoms with Crippen molar-refractivity contribution in [2.75, 3.05) is 36.3 Å². The molecule has 0 spiro atoms. The first-order valence-corrected chi connectivity index (χ1v) is 9.65. The Kier molecular flexibility index (Phi) is 5.39. The Morgan fingerprint density at radius 1 is 1.34 bits per heavy atom. The number of hydrazine groups is 2. The van der Waals surface area contributed by atoms with Gasteiger partial charge >= 0.3 is 0 Å². The lowest BCUT2D eigenvalue weighted by molar-refractivity contribution is -0.109. The SMILES string of the molecule is N#Cc1c(N2CCOCC2)sc(-c2nc[nH]n2)c1-c1ccc(N(N)NC=O)cc1. The third-order valence-corrected chi connectivity index (χ3v) is 5.79. The first-order chi connectivity index (χ1) is 14.2. The van der Waals surface area contributed by atoms with E-state index in [4.69, 9.17) is 10.6 Å². The summed E-state index contributed by atoms with van der Waals surface area (Å²) < 4.78 is 5.45. The van der Waals surface area contributed by atoms with Gasteiger partial charge in [0.15, 0.2) is 5.82 Å². The van der Waals surface area contributed by atoms with Crippen LogP contribution in [0.1, 0.15) is 5.56 Å². The lowest BCUT2D eigenvalue weighted by Crippen LogP contribution is -2.43. The van der Waals surface area contributed by atoms with Crippen LogP contribution >= 0.6 is 11.3 Å². The van der Waals surface area contributed by atoms with Gasteiger partial charge in [0.25, 0.3) is 0 Å². The van der Waals surface area contributed by atoms with E-state index < -0.39 is 0 Å². The zero-order valence-corrected chi connectivity index (χ0v) is 16.1. The van der Waals surface area contributed by atoms with Gasteiger partial charge in [0.05, 0.1) is 29.3 Å². The molecule has 0 aliphatic carbocycles. The summed E-state index contributed by atoms with van der Waals surface area (Å²) in [5.41, 5.74) is 5.15. The molecule has 0 bridgehead atoms. The van der Waals surface area contributed by atoms with Gasteiger partial charge in [0.1, 0.15) is 17.4 Å². The molecule has 1 saturated heterocycles. The first-order valence-electron chi connectivity index (χ1n) is 8.83. The number of nitrogens with zero attached hydrogens (tertiary/aromatic N) is 5. The number of amides is 1. The van der Waals surface area contributed by atoms with Crippen LogP contribution in [0.5, 0.6) is 0 Å². The second kappa shape index (κ2) is 8.27. The average molecular weight is 410 g/mol. The molecule has 1 aliphatic heterocycles. The molecule has 29 heavy (non-hydrogen) atoms. The second-order valence-corrected chi connectivity index (χ2v) is 7.18. The van der Waals surface area contributed by atoms with Crippen molar-refractivity contribution in [3.05, 3.63) is 36.2 Å². The molecule has 2 aromatic heterocycles. The molecular weight excluding hydrogens is 392 g/mol.